The molecule has 0 bridgehead atoms. The fourth-order valence-electron chi connectivity index (χ4n) is 1.64. The van der Waals surface area contributed by atoms with E-state index in [1.165, 1.54) is 12.6 Å². The number of hydrogen-bond acceptors (Lipinski definition) is 6. The van der Waals surface area contributed by atoms with Gasteiger partial charge in [0, 0.05) is 28.3 Å². The highest BCUT2D eigenvalue weighted by Gasteiger charge is 2.09. The number of H-pyrrole nitrogens is 1. The van der Waals surface area contributed by atoms with Crippen LogP contribution in [0.15, 0.2) is 11.1 Å². The second kappa shape index (κ2) is 4.41. The highest BCUT2D eigenvalue weighted by atomic mass is 32.2. The molecule has 0 aliphatic rings. The van der Waals surface area contributed by atoms with E-state index in [0.717, 1.165) is 0 Å². The smallest absolute Gasteiger partial charge is 0.280 e. The lowest BCUT2D eigenvalue weighted by atomic mass is 10.4. The summed E-state index contributed by atoms with van der Waals surface area (Å²) >= 11 is 0. The molecular weight excluding hydrogens is 256 g/mol. The van der Waals surface area contributed by atoms with Crippen molar-refractivity contribution < 1.29 is 4.21 Å². The number of nitrogens with one attached hydrogen (secondary N) is 2. The van der Waals surface area contributed by atoms with Crippen LogP contribution in [0.1, 0.15) is 6.42 Å². The molecule has 0 radical (unpaired) electrons. The second-order valence-electron chi connectivity index (χ2n) is 4.12. The van der Waals surface area contributed by atoms with Crippen molar-refractivity contribution in [3.63, 3.8) is 0 Å². The third kappa shape index (κ3) is 2.67. The Balaban J connectivity index is 2.27. The standard InChI is InChI=1S/C9H14N6O2S/c1-18(11,17)4-2-3-15-5-12-6-7(15)13-9(10)14-8(6)16/h5,11H,2-4H2,1H3,(H3,10,13,14,16). The zero-order valence-corrected chi connectivity index (χ0v) is 10.7. The summed E-state index contributed by atoms with van der Waals surface area (Å²) in [6.45, 7) is 0.496. The molecule has 0 fully saturated rings. The van der Waals surface area contributed by atoms with Crippen LogP contribution in [0, 0.1) is 4.78 Å². The maximum absolute atomic E-state index is 11.5. The number of aryl methyl sites for hydroxylation is 1. The van der Waals surface area contributed by atoms with Gasteiger partial charge in [0.2, 0.25) is 5.95 Å². The van der Waals surface area contributed by atoms with E-state index in [1.807, 2.05) is 0 Å². The first-order chi connectivity index (χ1) is 8.37. The van der Waals surface area contributed by atoms with Crippen LogP contribution < -0.4 is 11.3 Å². The van der Waals surface area contributed by atoms with E-state index in [4.69, 9.17) is 10.5 Å². The van der Waals surface area contributed by atoms with Crippen LogP contribution in [0.3, 0.4) is 0 Å². The SMILES string of the molecule is CS(=N)(=O)CCCn1cnc2c(=O)[nH]c(N)nc21. The summed E-state index contributed by atoms with van der Waals surface area (Å²) in [5.41, 5.74) is 5.72. The van der Waals surface area contributed by atoms with Gasteiger partial charge in [0.15, 0.2) is 11.2 Å². The molecule has 2 aromatic heterocycles. The Morgan fingerprint density at radius 2 is 2.33 bits per heavy atom. The fraction of sp³-hybridized carbons (Fsp3) is 0.444. The van der Waals surface area contributed by atoms with E-state index in [-0.39, 0.29) is 17.0 Å². The lowest BCUT2D eigenvalue weighted by molar-refractivity contribution is 0.659. The maximum Gasteiger partial charge on any atom is 0.280 e. The average molecular weight is 270 g/mol. The molecule has 8 nitrogen and oxygen atoms in total. The number of nitrogens with two attached hydrogens (primary N) is 1. The molecule has 0 amide bonds. The molecule has 2 rings (SSSR count). The number of nitrogen functional groups attached to an aromatic ring is 1. The van der Waals surface area contributed by atoms with Crippen molar-refractivity contribution in [2.45, 2.75) is 13.0 Å². The molecule has 0 spiro atoms. The minimum atomic E-state index is -2.49. The van der Waals surface area contributed by atoms with Crippen molar-refractivity contribution in [3.8, 4) is 0 Å². The predicted molar refractivity (Wildman–Crippen MR) is 68.8 cm³/mol. The Bertz CT molecular complexity index is 729. The highest BCUT2D eigenvalue weighted by molar-refractivity contribution is 7.91. The minimum Gasteiger partial charge on any atom is -0.369 e. The lowest BCUT2D eigenvalue weighted by Crippen LogP contribution is -2.12. The van der Waals surface area contributed by atoms with Gasteiger partial charge < -0.3 is 10.3 Å². The van der Waals surface area contributed by atoms with Gasteiger partial charge in [0.25, 0.3) is 5.56 Å². The Hall–Kier alpha value is -1.90. The predicted octanol–water partition coefficient (Wildman–Crippen LogP) is -0.232. The maximum atomic E-state index is 11.5. The number of anilines is 1. The van der Waals surface area contributed by atoms with E-state index in [2.05, 4.69) is 15.0 Å². The number of nitrogens with zero attached hydrogens (tertiary/aromatic N) is 3. The highest BCUT2D eigenvalue weighted by Crippen LogP contribution is 2.07. The third-order valence-corrected chi connectivity index (χ3v) is 3.49. The molecule has 0 aliphatic heterocycles. The average Bonchev–Trinajstić information content (AvgIpc) is 2.60. The van der Waals surface area contributed by atoms with E-state index >= 15 is 0 Å². The molecule has 98 valence electrons. The number of rotatable bonds is 4. The van der Waals surface area contributed by atoms with Crippen molar-refractivity contribution in [3.05, 3.63) is 16.7 Å². The van der Waals surface area contributed by atoms with Crippen LogP contribution in [0.25, 0.3) is 11.2 Å². The third-order valence-electron chi connectivity index (χ3n) is 2.43. The topological polar surface area (TPSA) is 131 Å². The van der Waals surface area contributed by atoms with Crippen LogP contribution in [0.4, 0.5) is 5.95 Å². The number of aromatic amines is 1. The molecule has 0 aromatic carbocycles. The van der Waals surface area contributed by atoms with Gasteiger partial charge in [-0.05, 0) is 6.42 Å². The molecule has 1 unspecified atom stereocenters. The Labute approximate surface area is 103 Å². The van der Waals surface area contributed by atoms with Gasteiger partial charge in [-0.15, -0.1) is 0 Å². The van der Waals surface area contributed by atoms with Gasteiger partial charge in [-0.2, -0.15) is 4.98 Å². The molecule has 0 saturated heterocycles. The largest absolute Gasteiger partial charge is 0.369 e. The molecule has 0 saturated carbocycles. The summed E-state index contributed by atoms with van der Waals surface area (Å²) in [5.74, 6) is 0.333. The quantitative estimate of drug-likeness (QED) is 0.706. The zero-order valence-electron chi connectivity index (χ0n) is 9.84. The second-order valence-corrected chi connectivity index (χ2v) is 6.54. The molecule has 2 heterocycles. The molecule has 2 aromatic rings. The van der Waals surface area contributed by atoms with E-state index < -0.39 is 9.73 Å². The molecule has 4 N–H and O–H groups in total. The number of fused-ring (bicyclic) bond motifs is 1. The van der Waals surface area contributed by atoms with Crippen LogP contribution in [0.5, 0.6) is 0 Å². The van der Waals surface area contributed by atoms with Crippen molar-refractivity contribution in [1.82, 2.24) is 19.5 Å². The van der Waals surface area contributed by atoms with Crippen molar-refractivity contribution in [2.24, 2.45) is 0 Å². The number of hydrogen-bond donors (Lipinski definition) is 3. The summed E-state index contributed by atoms with van der Waals surface area (Å²) in [4.78, 5) is 21.9. The van der Waals surface area contributed by atoms with Gasteiger partial charge in [-0.25, -0.2) is 4.98 Å². The molecular formula is C9H14N6O2S. The number of aromatic nitrogens is 4. The summed E-state index contributed by atoms with van der Waals surface area (Å²) in [6, 6.07) is 0. The van der Waals surface area contributed by atoms with Crippen LogP contribution in [-0.4, -0.2) is 35.7 Å². The zero-order chi connectivity index (χ0) is 13.3. The minimum absolute atomic E-state index is 0.0361. The molecule has 18 heavy (non-hydrogen) atoms. The van der Waals surface area contributed by atoms with Gasteiger partial charge in [0.05, 0.1) is 6.33 Å². The first kappa shape index (κ1) is 12.6. The lowest BCUT2D eigenvalue weighted by Gasteiger charge is -2.04. The number of imidazole rings is 1. The Morgan fingerprint density at radius 3 is 3.00 bits per heavy atom. The van der Waals surface area contributed by atoms with E-state index in [9.17, 15) is 9.00 Å². The summed E-state index contributed by atoms with van der Waals surface area (Å²) < 4.78 is 20.2. The summed E-state index contributed by atoms with van der Waals surface area (Å²) in [6.07, 6.45) is 3.45. The van der Waals surface area contributed by atoms with E-state index in [0.29, 0.717) is 24.4 Å². The van der Waals surface area contributed by atoms with Gasteiger partial charge in [-0.3, -0.25) is 18.8 Å². The van der Waals surface area contributed by atoms with Crippen LogP contribution in [-0.2, 0) is 16.3 Å². The van der Waals surface area contributed by atoms with Crippen LogP contribution >= 0.6 is 0 Å². The van der Waals surface area contributed by atoms with Crippen LogP contribution in [0.2, 0.25) is 0 Å². The first-order valence-electron chi connectivity index (χ1n) is 5.29. The Morgan fingerprint density at radius 1 is 1.61 bits per heavy atom. The van der Waals surface area contributed by atoms with Gasteiger partial charge in [0.1, 0.15) is 0 Å². The van der Waals surface area contributed by atoms with Gasteiger partial charge in [-0.1, -0.05) is 0 Å². The van der Waals surface area contributed by atoms with Gasteiger partial charge >= 0.3 is 0 Å². The fourth-order valence-corrected chi connectivity index (χ4v) is 2.32. The molecule has 0 aliphatic carbocycles. The molecule has 1 atom stereocenters. The summed E-state index contributed by atoms with van der Waals surface area (Å²) in [7, 11) is -2.49. The van der Waals surface area contributed by atoms with E-state index in [1.54, 1.807) is 4.57 Å². The van der Waals surface area contributed by atoms with Crippen molar-refractivity contribution in [1.29, 1.82) is 4.78 Å². The Kier molecular flexibility index (Phi) is 3.07. The first-order valence-corrected chi connectivity index (χ1v) is 7.42. The normalized spacial score (nSPS) is 14.7. The monoisotopic (exact) mass is 270 g/mol. The van der Waals surface area contributed by atoms with Crippen molar-refractivity contribution >= 4 is 26.8 Å². The molecule has 9 heteroatoms. The van der Waals surface area contributed by atoms with Crippen molar-refractivity contribution in [2.75, 3.05) is 17.7 Å². The summed E-state index contributed by atoms with van der Waals surface area (Å²) in [5, 5.41) is 0.